The van der Waals surface area contributed by atoms with Gasteiger partial charge in [0.15, 0.2) is 46.0 Å². The molecule has 101 heavy (non-hydrogen) atoms. The Kier molecular flexibility index (Phi) is 22.7. The molecule has 0 unspecified atom stereocenters. The Hall–Kier alpha value is -12.9. The van der Waals surface area contributed by atoms with Crippen LogP contribution in [0, 0.1) is 0 Å². The SMILES string of the molecule is O=Cc1cc(Oc2cc(OCc3ccccc3)c(OCc3ccccc3)c(OCc3ccccc3)c2)c(Oc2cc(OCc3ccccc3)c(OCc3ccccc3)c(OCc3ccccc3)c2)c(Oc2cc(OCc3ccccc3)c(OCc3ccccc3)c(OCc3ccccc3)c2)c1. The van der Waals surface area contributed by atoms with Crippen LogP contribution >= 0.6 is 0 Å². The molecule has 13 heteroatoms. The van der Waals surface area contributed by atoms with Crippen LogP contribution in [-0.2, 0) is 59.5 Å². The van der Waals surface area contributed by atoms with E-state index in [1.165, 1.54) is 0 Å². The molecule has 0 aliphatic rings. The summed E-state index contributed by atoms with van der Waals surface area (Å²) in [5.74, 6) is 3.59. The summed E-state index contributed by atoms with van der Waals surface area (Å²) in [4.78, 5) is 13.6. The number of hydrogen-bond acceptors (Lipinski definition) is 13. The Balaban J connectivity index is 0.979. The first-order chi connectivity index (χ1) is 50.0. The van der Waals surface area contributed by atoms with E-state index in [0.717, 1.165) is 50.1 Å². The molecule has 0 aliphatic heterocycles. The molecule has 13 aromatic carbocycles. The molecule has 0 radical (unpaired) electrons. The van der Waals surface area contributed by atoms with Crippen LogP contribution in [0.2, 0.25) is 0 Å². The lowest BCUT2D eigenvalue weighted by atomic mass is 10.2. The maximum absolute atomic E-state index is 13.6. The minimum Gasteiger partial charge on any atom is -0.485 e. The third-order valence-electron chi connectivity index (χ3n) is 15.9. The summed E-state index contributed by atoms with van der Waals surface area (Å²) in [6.45, 7) is 1.52. The normalized spacial score (nSPS) is 10.8. The molecule has 0 bridgehead atoms. The average molecular weight is 1340 g/mol. The van der Waals surface area contributed by atoms with Gasteiger partial charge in [-0.3, -0.25) is 4.79 Å². The lowest BCUT2D eigenvalue weighted by Gasteiger charge is -2.22. The van der Waals surface area contributed by atoms with Gasteiger partial charge in [-0.2, -0.15) is 0 Å². The largest absolute Gasteiger partial charge is 0.485 e. The van der Waals surface area contributed by atoms with Crippen molar-refractivity contribution in [2.75, 3.05) is 0 Å². The summed E-state index contributed by atoms with van der Waals surface area (Å²) in [7, 11) is 0. The zero-order valence-electron chi connectivity index (χ0n) is 55.3. The molecular weight excluding hydrogens is 1260 g/mol. The number of benzene rings is 13. The fourth-order valence-electron chi connectivity index (χ4n) is 10.8. The van der Waals surface area contributed by atoms with E-state index >= 15 is 0 Å². The highest BCUT2D eigenvalue weighted by molar-refractivity contribution is 5.79. The van der Waals surface area contributed by atoms with Gasteiger partial charge in [0.05, 0.1) is 0 Å². The number of rotatable bonds is 34. The number of carbonyl (C=O) groups is 1. The molecule has 13 aromatic rings. The third kappa shape index (κ3) is 19.0. The van der Waals surface area contributed by atoms with Crippen molar-refractivity contribution in [1.29, 1.82) is 0 Å². The van der Waals surface area contributed by atoms with Gasteiger partial charge in [-0.1, -0.05) is 273 Å². The zero-order valence-corrected chi connectivity index (χ0v) is 55.3. The predicted octanol–water partition coefficient (Wildman–Crippen LogP) is 21.1. The Morgan fingerprint density at radius 1 is 0.188 bits per heavy atom. The molecule has 0 fully saturated rings. The average Bonchev–Trinajstić information content (AvgIpc) is 0.898. The first-order valence-electron chi connectivity index (χ1n) is 33.2. The van der Waals surface area contributed by atoms with Crippen molar-refractivity contribution in [1.82, 2.24) is 0 Å². The molecule has 0 amide bonds. The summed E-state index contributed by atoms with van der Waals surface area (Å²) in [5, 5.41) is 0. The first kappa shape index (κ1) is 66.7. The molecule has 0 aliphatic carbocycles. The third-order valence-corrected chi connectivity index (χ3v) is 15.9. The first-order valence-corrected chi connectivity index (χ1v) is 33.2. The van der Waals surface area contributed by atoms with Crippen LogP contribution in [0.15, 0.2) is 322 Å². The van der Waals surface area contributed by atoms with E-state index in [-0.39, 0.29) is 99.5 Å². The highest BCUT2D eigenvalue weighted by Crippen LogP contribution is 2.52. The number of hydrogen-bond donors (Lipinski definition) is 0. The van der Waals surface area contributed by atoms with E-state index in [1.807, 2.05) is 273 Å². The van der Waals surface area contributed by atoms with E-state index < -0.39 is 0 Å². The van der Waals surface area contributed by atoms with Gasteiger partial charge in [0.2, 0.25) is 23.0 Å². The van der Waals surface area contributed by atoms with Crippen LogP contribution in [0.1, 0.15) is 60.4 Å². The molecule has 0 heterocycles. The van der Waals surface area contributed by atoms with E-state index in [9.17, 15) is 4.79 Å². The van der Waals surface area contributed by atoms with Crippen LogP contribution < -0.4 is 56.8 Å². The van der Waals surface area contributed by atoms with Gasteiger partial charge in [0, 0.05) is 42.0 Å². The van der Waals surface area contributed by atoms with E-state index in [2.05, 4.69) is 0 Å². The fraction of sp³-hybridized carbons (Fsp3) is 0.102. The fourth-order valence-corrected chi connectivity index (χ4v) is 10.8. The van der Waals surface area contributed by atoms with Crippen molar-refractivity contribution in [3.8, 4) is 86.2 Å². The van der Waals surface area contributed by atoms with Crippen LogP contribution in [0.25, 0.3) is 0 Å². The number of aldehydes is 1. The topological polar surface area (TPSA) is 128 Å². The highest BCUT2D eigenvalue weighted by Gasteiger charge is 2.27. The van der Waals surface area contributed by atoms with Crippen LogP contribution in [0.3, 0.4) is 0 Å². The van der Waals surface area contributed by atoms with Crippen molar-refractivity contribution >= 4 is 6.29 Å². The van der Waals surface area contributed by atoms with Crippen molar-refractivity contribution in [2.45, 2.75) is 59.5 Å². The Morgan fingerprint density at radius 3 is 0.554 bits per heavy atom. The van der Waals surface area contributed by atoms with Gasteiger partial charge < -0.3 is 56.8 Å². The monoisotopic (exact) mass is 1340 g/mol. The molecule has 0 saturated carbocycles. The van der Waals surface area contributed by atoms with Gasteiger partial charge in [-0.15, -0.1) is 0 Å². The van der Waals surface area contributed by atoms with Crippen LogP contribution in [-0.4, -0.2) is 6.29 Å². The molecule has 13 nitrogen and oxygen atoms in total. The highest BCUT2D eigenvalue weighted by atomic mass is 16.6. The van der Waals surface area contributed by atoms with Gasteiger partial charge >= 0.3 is 0 Å². The van der Waals surface area contributed by atoms with Crippen LogP contribution in [0.4, 0.5) is 0 Å². The molecule has 0 spiro atoms. The summed E-state index contributed by atoms with van der Waals surface area (Å²) in [6.07, 6.45) is 0.708. The van der Waals surface area contributed by atoms with Crippen LogP contribution in [0.5, 0.6) is 86.2 Å². The van der Waals surface area contributed by atoms with Gasteiger partial charge in [0.1, 0.15) is 83.0 Å². The maximum Gasteiger partial charge on any atom is 0.212 e. The Bertz CT molecular complexity index is 4330. The van der Waals surface area contributed by atoms with E-state index in [0.29, 0.717) is 58.0 Å². The quantitative estimate of drug-likeness (QED) is 0.0355. The van der Waals surface area contributed by atoms with Gasteiger partial charge in [0.25, 0.3) is 0 Å². The maximum atomic E-state index is 13.6. The Labute approximate surface area is 587 Å². The second kappa shape index (κ2) is 34.4. The zero-order chi connectivity index (χ0) is 68.5. The molecular formula is C88H72O13. The lowest BCUT2D eigenvalue weighted by Crippen LogP contribution is -2.06. The van der Waals surface area contributed by atoms with E-state index in [1.54, 1.807) is 48.5 Å². The second-order valence-corrected chi connectivity index (χ2v) is 23.5. The van der Waals surface area contributed by atoms with Crippen molar-refractivity contribution in [2.24, 2.45) is 0 Å². The number of ether oxygens (including phenoxy) is 12. The van der Waals surface area contributed by atoms with E-state index in [4.69, 9.17) is 56.8 Å². The predicted molar refractivity (Wildman–Crippen MR) is 388 cm³/mol. The molecule has 0 atom stereocenters. The standard InChI is InChI=1S/C88H72O13/c89-54-73-46-83(99-74-48-77(90-55-64-28-10-1-11-29-64)85(96-61-70-40-22-7-23-41-70)78(49-74)91-56-65-30-12-2-13-31-65)88(101-76-52-81(94-59-68-36-18-5-19-37-68)87(98-63-72-44-26-9-27-45-72)82(53-76)95-60-69-38-20-6-21-39-69)84(47-73)100-75-50-79(92-57-66-32-14-3-15-33-66)86(97-62-71-42-24-8-25-43-71)80(51-75)93-58-67-34-16-4-17-35-67/h1-54H,55-63H2. The summed E-state index contributed by atoms with van der Waals surface area (Å²) in [6, 6.07) is 102. The smallest absolute Gasteiger partial charge is 0.212 e. The Morgan fingerprint density at radius 2 is 0.366 bits per heavy atom. The van der Waals surface area contributed by atoms with Crippen molar-refractivity contribution < 1.29 is 61.6 Å². The second-order valence-electron chi connectivity index (χ2n) is 23.5. The molecule has 0 N–H and O–H groups in total. The van der Waals surface area contributed by atoms with Gasteiger partial charge in [-0.05, 0) is 62.2 Å². The minimum absolute atomic E-state index is 0.0161. The summed E-state index contributed by atoms with van der Waals surface area (Å²) in [5.41, 5.74) is 8.37. The van der Waals surface area contributed by atoms with Crippen molar-refractivity contribution in [3.05, 3.63) is 377 Å². The van der Waals surface area contributed by atoms with Crippen molar-refractivity contribution in [3.63, 3.8) is 0 Å². The lowest BCUT2D eigenvalue weighted by molar-refractivity contribution is 0.112. The molecule has 13 rings (SSSR count). The molecule has 0 aromatic heterocycles. The summed E-state index contributed by atoms with van der Waals surface area (Å²) < 4.78 is 82.4. The molecule has 502 valence electrons. The number of carbonyl (C=O) groups excluding carboxylic acids is 1. The molecule has 0 saturated heterocycles. The summed E-state index contributed by atoms with van der Waals surface area (Å²) >= 11 is 0. The minimum atomic E-state index is 0.0161. The van der Waals surface area contributed by atoms with Gasteiger partial charge in [-0.25, -0.2) is 0 Å².